The van der Waals surface area contributed by atoms with Crippen LogP contribution in [0.1, 0.15) is 11.1 Å². The van der Waals surface area contributed by atoms with E-state index >= 15 is 0 Å². The van der Waals surface area contributed by atoms with Gasteiger partial charge in [-0.1, -0.05) is 69.1 Å². The first kappa shape index (κ1) is 15.7. The van der Waals surface area contributed by atoms with Crippen LogP contribution in [-0.2, 0) is 6.42 Å². The maximum Gasteiger partial charge on any atom is 0.112 e. The van der Waals surface area contributed by atoms with Gasteiger partial charge in [-0.3, -0.25) is 0 Å². The Kier molecular flexibility index (Phi) is 4.98. The number of hydrogen-bond donors (Lipinski definition) is 0. The molecule has 1 nitrogen and oxygen atoms in total. The van der Waals surface area contributed by atoms with Crippen molar-refractivity contribution in [2.24, 2.45) is 0 Å². The van der Waals surface area contributed by atoms with Gasteiger partial charge in [0.05, 0.1) is 0 Å². The molecule has 0 heterocycles. The summed E-state index contributed by atoms with van der Waals surface area (Å²) in [5.74, 6) is 0. The molecule has 1 aromatic carbocycles. The van der Waals surface area contributed by atoms with E-state index in [-0.39, 0.29) is 0 Å². The monoisotopic (exact) mass is 279 g/mol. The summed E-state index contributed by atoms with van der Waals surface area (Å²) in [6.07, 6.45) is 1.19. The van der Waals surface area contributed by atoms with Crippen molar-refractivity contribution in [3.63, 3.8) is 0 Å². The first-order valence-electron chi connectivity index (χ1n) is 6.94. The van der Waals surface area contributed by atoms with Crippen molar-refractivity contribution in [1.29, 1.82) is 0 Å². The molecule has 0 aliphatic rings. The molecule has 0 N–H and O–H groups in total. The minimum atomic E-state index is -1.19. The molecule has 18 heavy (non-hydrogen) atoms. The van der Waals surface area contributed by atoms with Gasteiger partial charge >= 0.3 is 0 Å². The molecule has 0 amide bonds. The van der Waals surface area contributed by atoms with Gasteiger partial charge < -0.3 is 4.23 Å². The molecule has 0 aliphatic heterocycles. The molecule has 0 radical (unpaired) electrons. The van der Waals surface area contributed by atoms with E-state index in [4.69, 9.17) is 0 Å². The van der Waals surface area contributed by atoms with Gasteiger partial charge in [0.2, 0.25) is 0 Å². The SMILES string of the molecule is Cc1ccc(CCN([Si](C)(C)C)[Si](C)(C)C)cc1. The summed E-state index contributed by atoms with van der Waals surface area (Å²) in [6, 6.07) is 9.01. The van der Waals surface area contributed by atoms with Crippen molar-refractivity contribution in [3.8, 4) is 0 Å². The summed E-state index contributed by atoms with van der Waals surface area (Å²) in [5.41, 5.74) is 2.83. The summed E-state index contributed by atoms with van der Waals surface area (Å²) in [5, 5.41) is 0. The first-order valence-corrected chi connectivity index (χ1v) is 13.8. The van der Waals surface area contributed by atoms with Crippen LogP contribution in [0.4, 0.5) is 0 Å². The Morgan fingerprint density at radius 1 is 0.833 bits per heavy atom. The zero-order chi connectivity index (χ0) is 14.0. The highest BCUT2D eigenvalue weighted by Gasteiger charge is 2.33. The van der Waals surface area contributed by atoms with E-state index in [1.54, 1.807) is 0 Å². The van der Waals surface area contributed by atoms with E-state index in [0.29, 0.717) is 0 Å². The van der Waals surface area contributed by atoms with Crippen LogP contribution >= 0.6 is 0 Å². The number of nitrogens with zero attached hydrogens (tertiary/aromatic N) is 1. The topological polar surface area (TPSA) is 3.24 Å². The van der Waals surface area contributed by atoms with Crippen LogP contribution in [0.15, 0.2) is 24.3 Å². The highest BCUT2D eigenvalue weighted by molar-refractivity contribution is 6.89. The normalized spacial score (nSPS) is 13.1. The van der Waals surface area contributed by atoms with Gasteiger partial charge in [0.25, 0.3) is 0 Å². The third kappa shape index (κ3) is 4.71. The minimum Gasteiger partial charge on any atom is -0.345 e. The van der Waals surface area contributed by atoms with Crippen LogP contribution in [-0.4, -0.2) is 27.2 Å². The lowest BCUT2D eigenvalue weighted by atomic mass is 10.1. The molecule has 1 aromatic rings. The molecule has 0 aromatic heterocycles. The van der Waals surface area contributed by atoms with Gasteiger partial charge in [-0.05, 0) is 25.5 Å². The lowest BCUT2D eigenvalue weighted by Crippen LogP contribution is -2.59. The molecule has 0 atom stereocenters. The van der Waals surface area contributed by atoms with Crippen LogP contribution in [0.2, 0.25) is 39.3 Å². The van der Waals surface area contributed by atoms with Crippen LogP contribution in [0.25, 0.3) is 0 Å². The third-order valence-electron chi connectivity index (χ3n) is 3.36. The predicted octanol–water partition coefficient (Wildman–Crippen LogP) is 4.51. The van der Waals surface area contributed by atoms with Gasteiger partial charge in [0.15, 0.2) is 0 Å². The lowest BCUT2D eigenvalue weighted by Gasteiger charge is -2.43. The molecule has 0 unspecified atom stereocenters. The zero-order valence-electron chi connectivity index (χ0n) is 13.2. The van der Waals surface area contributed by atoms with Gasteiger partial charge in [-0.15, -0.1) is 0 Å². The fourth-order valence-corrected chi connectivity index (χ4v) is 12.3. The maximum atomic E-state index is 2.86. The van der Waals surface area contributed by atoms with Crippen molar-refractivity contribution in [2.75, 3.05) is 6.54 Å². The Morgan fingerprint density at radius 2 is 1.28 bits per heavy atom. The highest BCUT2D eigenvalue weighted by atomic mass is 28.4. The van der Waals surface area contributed by atoms with Crippen molar-refractivity contribution in [2.45, 2.75) is 52.6 Å². The largest absolute Gasteiger partial charge is 0.345 e. The number of benzene rings is 1. The van der Waals surface area contributed by atoms with Crippen molar-refractivity contribution in [1.82, 2.24) is 4.23 Å². The van der Waals surface area contributed by atoms with Crippen LogP contribution in [0.3, 0.4) is 0 Å². The van der Waals surface area contributed by atoms with E-state index in [0.717, 1.165) is 0 Å². The van der Waals surface area contributed by atoms with Crippen molar-refractivity contribution >= 4 is 16.5 Å². The predicted molar refractivity (Wildman–Crippen MR) is 88.3 cm³/mol. The fourth-order valence-electron chi connectivity index (χ4n) is 2.67. The van der Waals surface area contributed by atoms with Gasteiger partial charge in [0.1, 0.15) is 16.5 Å². The van der Waals surface area contributed by atoms with E-state index in [9.17, 15) is 0 Å². The molecule has 0 spiro atoms. The first-order chi connectivity index (χ1) is 8.10. The Balaban J connectivity index is 2.72. The molecular formula is C15H29NSi2. The van der Waals surface area contributed by atoms with Crippen LogP contribution < -0.4 is 0 Å². The average molecular weight is 280 g/mol. The Hall–Kier alpha value is -0.386. The van der Waals surface area contributed by atoms with Gasteiger partial charge in [-0.25, -0.2) is 0 Å². The standard InChI is InChI=1S/C15H29NSi2/c1-14-8-10-15(11-9-14)12-13-16(17(2,3)4)18(5,6)7/h8-11H,12-13H2,1-7H3. The lowest BCUT2D eigenvalue weighted by molar-refractivity contribution is 0.612. The second-order valence-corrected chi connectivity index (χ2v) is 17.4. The van der Waals surface area contributed by atoms with E-state index < -0.39 is 16.5 Å². The summed E-state index contributed by atoms with van der Waals surface area (Å²) in [4.78, 5) is 0. The van der Waals surface area contributed by atoms with Crippen LogP contribution in [0.5, 0.6) is 0 Å². The smallest absolute Gasteiger partial charge is 0.112 e. The van der Waals surface area contributed by atoms with Gasteiger partial charge in [0, 0.05) is 0 Å². The minimum absolute atomic E-state index is 1.19. The van der Waals surface area contributed by atoms with Crippen molar-refractivity contribution < 1.29 is 0 Å². The molecule has 1 rings (SSSR count). The summed E-state index contributed by atoms with van der Waals surface area (Å²) < 4.78 is 2.86. The molecule has 0 saturated carbocycles. The number of hydrogen-bond acceptors (Lipinski definition) is 1. The molecule has 0 saturated heterocycles. The Morgan fingerprint density at radius 3 is 1.67 bits per heavy atom. The fraction of sp³-hybridized carbons (Fsp3) is 0.600. The van der Waals surface area contributed by atoms with E-state index in [1.165, 1.54) is 24.1 Å². The Bertz CT molecular complexity index is 357. The summed E-state index contributed by atoms with van der Waals surface area (Å²) >= 11 is 0. The molecule has 3 heteroatoms. The molecule has 102 valence electrons. The second kappa shape index (κ2) is 5.72. The molecule has 0 bridgehead atoms. The van der Waals surface area contributed by atoms with E-state index in [1.807, 2.05) is 0 Å². The van der Waals surface area contributed by atoms with E-state index in [2.05, 4.69) is 74.7 Å². The quantitative estimate of drug-likeness (QED) is 0.717. The second-order valence-electron chi connectivity index (χ2n) is 7.23. The molecular weight excluding hydrogens is 250 g/mol. The number of aryl methyl sites for hydroxylation is 1. The summed E-state index contributed by atoms with van der Waals surface area (Å²) in [6.45, 7) is 18.2. The van der Waals surface area contributed by atoms with Crippen molar-refractivity contribution in [3.05, 3.63) is 35.4 Å². The van der Waals surface area contributed by atoms with Crippen LogP contribution in [0, 0.1) is 6.92 Å². The third-order valence-corrected chi connectivity index (χ3v) is 11.1. The summed E-state index contributed by atoms with van der Waals surface area (Å²) in [7, 11) is -2.38. The van der Waals surface area contributed by atoms with Gasteiger partial charge in [-0.2, -0.15) is 0 Å². The molecule has 0 fully saturated rings. The maximum absolute atomic E-state index is 2.86. The highest BCUT2D eigenvalue weighted by Crippen LogP contribution is 2.20. The average Bonchev–Trinajstić information content (AvgIpc) is 2.17. The molecule has 0 aliphatic carbocycles. The zero-order valence-corrected chi connectivity index (χ0v) is 15.2. The Labute approximate surface area is 115 Å². The number of rotatable bonds is 5.